The van der Waals surface area contributed by atoms with Crippen LogP contribution in [0.4, 0.5) is 8.78 Å². The summed E-state index contributed by atoms with van der Waals surface area (Å²) in [5, 5.41) is 14.4. The van der Waals surface area contributed by atoms with E-state index in [1.165, 1.54) is 13.0 Å². The van der Waals surface area contributed by atoms with Gasteiger partial charge in [0.15, 0.2) is 0 Å². The molecule has 0 saturated carbocycles. The average Bonchev–Trinajstić information content (AvgIpc) is 2.34. The van der Waals surface area contributed by atoms with Crippen molar-refractivity contribution in [1.82, 2.24) is 10.6 Å². The molecule has 4 nitrogen and oxygen atoms in total. The molecule has 1 aromatic rings. The second-order valence-electron chi connectivity index (χ2n) is 4.02. The third kappa shape index (κ3) is 5.02. The van der Waals surface area contributed by atoms with E-state index in [1.54, 1.807) is 0 Å². The van der Waals surface area contributed by atoms with Gasteiger partial charge in [0.25, 0.3) is 0 Å². The highest BCUT2D eigenvalue weighted by Gasteiger charge is 2.14. The summed E-state index contributed by atoms with van der Waals surface area (Å²) in [4.78, 5) is 10.6. The molecule has 1 rings (SSSR count). The standard InChI is InChI=1S/C13H15F2N3O/c1-9(19)17-5-2-6-18-13(8-16)11-4-3-10(14)7-12(11)15/h3-4,7,13,18H,2,5-6H2,1H3,(H,17,19). The third-order valence-corrected chi connectivity index (χ3v) is 2.48. The first-order valence-corrected chi connectivity index (χ1v) is 5.87. The summed E-state index contributed by atoms with van der Waals surface area (Å²) < 4.78 is 26.2. The number of benzene rings is 1. The maximum atomic E-state index is 13.5. The molecule has 0 bridgehead atoms. The highest BCUT2D eigenvalue weighted by atomic mass is 19.1. The zero-order chi connectivity index (χ0) is 14.3. The summed E-state index contributed by atoms with van der Waals surface area (Å²) in [6.07, 6.45) is 0.612. The molecule has 1 amide bonds. The van der Waals surface area contributed by atoms with Gasteiger partial charge in [0.1, 0.15) is 17.7 Å². The van der Waals surface area contributed by atoms with E-state index in [2.05, 4.69) is 10.6 Å². The number of halogens is 2. The molecule has 1 aromatic carbocycles. The van der Waals surface area contributed by atoms with E-state index in [0.717, 1.165) is 12.1 Å². The summed E-state index contributed by atoms with van der Waals surface area (Å²) >= 11 is 0. The lowest BCUT2D eigenvalue weighted by atomic mass is 10.1. The van der Waals surface area contributed by atoms with Gasteiger partial charge in [-0.2, -0.15) is 5.26 Å². The van der Waals surface area contributed by atoms with E-state index in [1.807, 2.05) is 6.07 Å². The zero-order valence-corrected chi connectivity index (χ0v) is 10.5. The molecule has 0 aliphatic heterocycles. The van der Waals surface area contributed by atoms with Crippen LogP contribution in [0.3, 0.4) is 0 Å². The van der Waals surface area contributed by atoms with Crippen LogP contribution >= 0.6 is 0 Å². The lowest BCUT2D eigenvalue weighted by Crippen LogP contribution is -2.27. The van der Waals surface area contributed by atoms with E-state index in [4.69, 9.17) is 5.26 Å². The van der Waals surface area contributed by atoms with Gasteiger partial charge in [0.2, 0.25) is 5.91 Å². The van der Waals surface area contributed by atoms with Crippen LogP contribution in [0, 0.1) is 23.0 Å². The smallest absolute Gasteiger partial charge is 0.216 e. The van der Waals surface area contributed by atoms with Crippen LogP contribution in [0.25, 0.3) is 0 Å². The highest BCUT2D eigenvalue weighted by Crippen LogP contribution is 2.17. The number of nitriles is 1. The van der Waals surface area contributed by atoms with Crippen LogP contribution < -0.4 is 10.6 Å². The fourth-order valence-corrected chi connectivity index (χ4v) is 1.56. The lowest BCUT2D eigenvalue weighted by molar-refractivity contribution is -0.118. The van der Waals surface area contributed by atoms with Crippen LogP contribution in [-0.2, 0) is 4.79 Å². The predicted octanol–water partition coefficient (Wildman–Crippen LogP) is 1.65. The van der Waals surface area contributed by atoms with Gasteiger partial charge in [-0.3, -0.25) is 10.1 Å². The molecule has 0 spiro atoms. The topological polar surface area (TPSA) is 64.9 Å². The van der Waals surface area contributed by atoms with Gasteiger partial charge in [-0.1, -0.05) is 6.07 Å². The van der Waals surface area contributed by atoms with Gasteiger partial charge in [-0.15, -0.1) is 0 Å². The van der Waals surface area contributed by atoms with Gasteiger partial charge in [-0.25, -0.2) is 8.78 Å². The molecule has 0 radical (unpaired) electrons. The summed E-state index contributed by atoms with van der Waals surface area (Å²) in [7, 11) is 0. The van der Waals surface area contributed by atoms with Gasteiger partial charge in [0, 0.05) is 25.1 Å². The molecular weight excluding hydrogens is 252 g/mol. The first-order valence-electron chi connectivity index (χ1n) is 5.87. The minimum absolute atomic E-state index is 0.114. The van der Waals surface area contributed by atoms with Crippen LogP contribution in [0.2, 0.25) is 0 Å². The van der Waals surface area contributed by atoms with E-state index < -0.39 is 17.7 Å². The molecule has 0 saturated heterocycles. The fourth-order valence-electron chi connectivity index (χ4n) is 1.56. The Morgan fingerprint density at radius 1 is 1.42 bits per heavy atom. The number of hydrogen-bond donors (Lipinski definition) is 2. The largest absolute Gasteiger partial charge is 0.356 e. The van der Waals surface area contributed by atoms with E-state index in [9.17, 15) is 13.6 Å². The quantitative estimate of drug-likeness (QED) is 0.770. The Morgan fingerprint density at radius 3 is 2.74 bits per heavy atom. The number of nitrogens with one attached hydrogen (secondary N) is 2. The number of amides is 1. The van der Waals surface area contributed by atoms with Gasteiger partial charge >= 0.3 is 0 Å². The summed E-state index contributed by atoms with van der Waals surface area (Å²) in [6, 6.07) is 4.19. The molecule has 0 fully saturated rings. The summed E-state index contributed by atoms with van der Waals surface area (Å²) in [5.41, 5.74) is 0.114. The van der Waals surface area contributed by atoms with Crippen molar-refractivity contribution < 1.29 is 13.6 Å². The summed E-state index contributed by atoms with van der Waals surface area (Å²) in [5.74, 6) is -1.55. The lowest BCUT2D eigenvalue weighted by Gasteiger charge is -2.12. The molecule has 0 aromatic heterocycles. The second-order valence-corrected chi connectivity index (χ2v) is 4.02. The fraction of sp³-hybridized carbons (Fsp3) is 0.385. The van der Waals surface area contributed by atoms with Crippen molar-refractivity contribution in [2.45, 2.75) is 19.4 Å². The average molecular weight is 267 g/mol. The molecule has 1 unspecified atom stereocenters. The van der Waals surface area contributed by atoms with Crippen molar-refractivity contribution in [3.05, 3.63) is 35.4 Å². The Kier molecular flexibility index (Phi) is 5.90. The van der Waals surface area contributed by atoms with Crippen LogP contribution in [-0.4, -0.2) is 19.0 Å². The SMILES string of the molecule is CC(=O)NCCCNC(C#N)c1ccc(F)cc1F. The van der Waals surface area contributed by atoms with E-state index >= 15 is 0 Å². The molecule has 6 heteroatoms. The van der Waals surface area contributed by atoms with Crippen LogP contribution in [0.5, 0.6) is 0 Å². The highest BCUT2D eigenvalue weighted by molar-refractivity contribution is 5.72. The first kappa shape index (κ1) is 15.1. The number of carbonyl (C=O) groups is 1. The Balaban J connectivity index is 2.50. The van der Waals surface area contributed by atoms with Crippen molar-refractivity contribution in [1.29, 1.82) is 5.26 Å². The molecular formula is C13H15F2N3O. The molecule has 0 aliphatic carbocycles. The second kappa shape index (κ2) is 7.44. The molecule has 2 N–H and O–H groups in total. The van der Waals surface area contributed by atoms with Crippen molar-refractivity contribution in [3.8, 4) is 6.07 Å². The Morgan fingerprint density at radius 2 is 2.16 bits per heavy atom. The first-order chi connectivity index (χ1) is 9.04. The van der Waals surface area contributed by atoms with Crippen molar-refractivity contribution in [2.75, 3.05) is 13.1 Å². The summed E-state index contributed by atoms with van der Waals surface area (Å²) in [6.45, 7) is 2.33. The number of hydrogen-bond acceptors (Lipinski definition) is 3. The predicted molar refractivity (Wildman–Crippen MR) is 66.0 cm³/mol. The minimum atomic E-state index is -0.835. The Labute approximate surface area is 110 Å². The van der Waals surface area contributed by atoms with Crippen molar-refractivity contribution >= 4 is 5.91 Å². The molecule has 1 atom stereocenters. The molecule has 19 heavy (non-hydrogen) atoms. The van der Waals surface area contributed by atoms with Gasteiger partial charge in [0.05, 0.1) is 6.07 Å². The number of rotatable bonds is 6. The maximum absolute atomic E-state index is 13.5. The van der Waals surface area contributed by atoms with E-state index in [-0.39, 0.29) is 11.5 Å². The molecule has 102 valence electrons. The van der Waals surface area contributed by atoms with Crippen LogP contribution in [0.1, 0.15) is 24.9 Å². The monoisotopic (exact) mass is 267 g/mol. The van der Waals surface area contributed by atoms with Crippen molar-refractivity contribution in [2.24, 2.45) is 0 Å². The number of nitrogens with zero attached hydrogens (tertiary/aromatic N) is 1. The van der Waals surface area contributed by atoms with Gasteiger partial charge < -0.3 is 5.32 Å². The van der Waals surface area contributed by atoms with Gasteiger partial charge in [-0.05, 0) is 19.0 Å². The van der Waals surface area contributed by atoms with Crippen LogP contribution in [0.15, 0.2) is 18.2 Å². The van der Waals surface area contributed by atoms with Crippen molar-refractivity contribution in [3.63, 3.8) is 0 Å². The normalized spacial score (nSPS) is 11.7. The zero-order valence-electron chi connectivity index (χ0n) is 10.5. The minimum Gasteiger partial charge on any atom is -0.356 e. The number of carbonyl (C=O) groups excluding carboxylic acids is 1. The third-order valence-electron chi connectivity index (χ3n) is 2.48. The maximum Gasteiger partial charge on any atom is 0.216 e. The molecule has 0 heterocycles. The molecule has 0 aliphatic rings. The Hall–Kier alpha value is -2.00. The van der Waals surface area contributed by atoms with E-state index in [0.29, 0.717) is 19.5 Å². The Bertz CT molecular complexity index is 485.